The summed E-state index contributed by atoms with van der Waals surface area (Å²) in [4.78, 5) is 22.7. The minimum absolute atomic E-state index is 0. The van der Waals surface area contributed by atoms with Gasteiger partial charge in [0.05, 0.1) is 0 Å². The van der Waals surface area contributed by atoms with E-state index in [0.29, 0.717) is 0 Å². The van der Waals surface area contributed by atoms with E-state index in [0.717, 1.165) is 45.1 Å². The molecular formula is C20H34IN5O. The third kappa shape index (κ3) is 6.86. The average Bonchev–Trinajstić information content (AvgIpc) is 2.64. The van der Waals surface area contributed by atoms with Crippen molar-refractivity contribution in [1.82, 2.24) is 15.1 Å². The molecule has 1 aliphatic heterocycles. The maximum atomic E-state index is 11.9. The predicted octanol–water partition coefficient (Wildman–Crippen LogP) is 2.49. The molecule has 0 spiro atoms. The molecule has 0 unspecified atom stereocenters. The van der Waals surface area contributed by atoms with Gasteiger partial charge in [-0.2, -0.15) is 0 Å². The van der Waals surface area contributed by atoms with Gasteiger partial charge in [0.1, 0.15) is 6.54 Å². The van der Waals surface area contributed by atoms with Crippen molar-refractivity contribution in [2.75, 3.05) is 58.3 Å². The zero-order valence-electron chi connectivity index (χ0n) is 17.3. The van der Waals surface area contributed by atoms with Gasteiger partial charge >= 0.3 is 0 Å². The molecule has 1 aromatic carbocycles. The van der Waals surface area contributed by atoms with E-state index in [4.69, 9.17) is 0 Å². The first-order valence-corrected chi connectivity index (χ1v) is 9.48. The molecule has 0 bridgehead atoms. The quantitative estimate of drug-likeness (QED) is 0.394. The van der Waals surface area contributed by atoms with Crippen LogP contribution in [0.3, 0.4) is 0 Å². The number of benzene rings is 1. The molecule has 0 saturated carbocycles. The predicted molar refractivity (Wildman–Crippen MR) is 124 cm³/mol. The largest absolute Gasteiger partial charge is 0.368 e. The Morgan fingerprint density at radius 2 is 1.81 bits per heavy atom. The lowest BCUT2D eigenvalue weighted by molar-refractivity contribution is -0.127. The maximum Gasteiger partial charge on any atom is 0.243 e. The molecule has 7 heteroatoms. The lowest BCUT2D eigenvalue weighted by Crippen LogP contribution is -2.53. The van der Waals surface area contributed by atoms with Crippen LogP contribution < -0.4 is 10.2 Å². The van der Waals surface area contributed by atoms with Gasteiger partial charge in [-0.25, -0.2) is 4.99 Å². The third-order valence-electron chi connectivity index (χ3n) is 4.83. The number of nitrogens with one attached hydrogen (secondary N) is 1. The van der Waals surface area contributed by atoms with Gasteiger partial charge in [0.25, 0.3) is 0 Å². The molecule has 1 N–H and O–H groups in total. The van der Waals surface area contributed by atoms with Gasteiger partial charge in [-0.05, 0) is 43.5 Å². The lowest BCUT2D eigenvalue weighted by Gasteiger charge is -2.38. The van der Waals surface area contributed by atoms with Crippen molar-refractivity contribution >= 4 is 41.5 Å². The Morgan fingerprint density at radius 3 is 2.37 bits per heavy atom. The summed E-state index contributed by atoms with van der Waals surface area (Å²) in [5.41, 5.74) is 3.95. The second-order valence-corrected chi connectivity index (χ2v) is 7.10. The van der Waals surface area contributed by atoms with E-state index < -0.39 is 0 Å². The molecule has 0 aromatic heterocycles. The van der Waals surface area contributed by atoms with Crippen LogP contribution in [0.5, 0.6) is 0 Å². The first-order chi connectivity index (χ1) is 12.4. The number of hydrogen-bond donors (Lipinski definition) is 1. The first kappa shape index (κ1) is 23.5. The zero-order valence-corrected chi connectivity index (χ0v) is 19.6. The van der Waals surface area contributed by atoms with Crippen LogP contribution in [-0.4, -0.2) is 75.0 Å². The summed E-state index contributed by atoms with van der Waals surface area (Å²) in [7, 11) is 3.53. The molecule has 1 saturated heterocycles. The Hall–Kier alpha value is -1.51. The van der Waals surface area contributed by atoms with Crippen molar-refractivity contribution in [3.8, 4) is 0 Å². The Labute approximate surface area is 181 Å². The summed E-state index contributed by atoms with van der Waals surface area (Å²) >= 11 is 0. The average molecular weight is 487 g/mol. The van der Waals surface area contributed by atoms with Crippen LogP contribution in [0.25, 0.3) is 0 Å². The minimum Gasteiger partial charge on any atom is -0.368 e. The summed E-state index contributed by atoms with van der Waals surface area (Å²) in [5, 5.41) is 3.39. The smallest absolute Gasteiger partial charge is 0.243 e. The van der Waals surface area contributed by atoms with Crippen LogP contribution in [0.15, 0.2) is 23.2 Å². The standard InChI is InChI=1S/C20H33N5O.HI/c1-6-9-21-20(22-15-19(26)23(4)5)25-12-10-24(11-13-25)18-8-7-16(2)17(3)14-18;/h7-8,14H,6,9-13,15H2,1-5H3,(H,21,22);1H. The molecule has 1 amide bonds. The van der Waals surface area contributed by atoms with Crippen LogP contribution in [0, 0.1) is 13.8 Å². The van der Waals surface area contributed by atoms with E-state index in [1.54, 1.807) is 19.0 Å². The molecule has 6 nitrogen and oxygen atoms in total. The number of nitrogens with zero attached hydrogens (tertiary/aromatic N) is 4. The van der Waals surface area contributed by atoms with Crippen molar-refractivity contribution in [1.29, 1.82) is 0 Å². The number of carbonyl (C=O) groups is 1. The Bertz CT molecular complexity index is 639. The van der Waals surface area contributed by atoms with Crippen LogP contribution in [0.4, 0.5) is 5.69 Å². The molecule has 152 valence electrons. The molecule has 2 rings (SSSR count). The highest BCUT2D eigenvalue weighted by Gasteiger charge is 2.20. The molecular weight excluding hydrogens is 453 g/mol. The molecule has 1 heterocycles. The fraction of sp³-hybridized carbons (Fsp3) is 0.600. The first-order valence-electron chi connectivity index (χ1n) is 9.48. The van der Waals surface area contributed by atoms with Crippen molar-refractivity contribution in [2.24, 2.45) is 4.99 Å². The van der Waals surface area contributed by atoms with Crippen LogP contribution in [0.2, 0.25) is 0 Å². The zero-order chi connectivity index (χ0) is 19.1. The van der Waals surface area contributed by atoms with Crippen molar-refractivity contribution in [3.05, 3.63) is 29.3 Å². The fourth-order valence-electron chi connectivity index (χ4n) is 2.89. The van der Waals surface area contributed by atoms with Gasteiger partial charge in [0.2, 0.25) is 5.91 Å². The number of piperazine rings is 1. The summed E-state index contributed by atoms with van der Waals surface area (Å²) in [6.45, 7) is 11.2. The molecule has 0 radical (unpaired) electrons. The van der Waals surface area contributed by atoms with Crippen LogP contribution in [-0.2, 0) is 4.79 Å². The molecule has 1 aliphatic rings. The minimum atomic E-state index is 0. The molecule has 27 heavy (non-hydrogen) atoms. The van der Waals surface area contributed by atoms with Gasteiger partial charge in [-0.3, -0.25) is 4.79 Å². The highest BCUT2D eigenvalue weighted by atomic mass is 127. The molecule has 1 aromatic rings. The van der Waals surface area contributed by atoms with Gasteiger partial charge < -0.3 is 20.0 Å². The number of rotatable bonds is 5. The number of carbonyl (C=O) groups excluding carboxylic acids is 1. The normalized spacial score (nSPS) is 14.6. The monoisotopic (exact) mass is 487 g/mol. The second-order valence-electron chi connectivity index (χ2n) is 7.10. The van der Waals surface area contributed by atoms with Gasteiger partial charge in [-0.1, -0.05) is 13.0 Å². The molecule has 0 aliphatic carbocycles. The number of aryl methyl sites for hydroxylation is 2. The van der Waals surface area contributed by atoms with Gasteiger partial charge in [0.15, 0.2) is 5.96 Å². The van der Waals surface area contributed by atoms with E-state index in [2.05, 4.69) is 59.1 Å². The summed E-state index contributed by atoms with van der Waals surface area (Å²) < 4.78 is 0. The highest BCUT2D eigenvalue weighted by Crippen LogP contribution is 2.20. The second kappa shape index (κ2) is 11.4. The number of guanidine groups is 1. The van der Waals surface area contributed by atoms with E-state index >= 15 is 0 Å². The number of anilines is 1. The van der Waals surface area contributed by atoms with E-state index in [-0.39, 0.29) is 36.4 Å². The topological polar surface area (TPSA) is 51.2 Å². The summed E-state index contributed by atoms with van der Waals surface area (Å²) in [6.07, 6.45) is 1.03. The summed E-state index contributed by atoms with van der Waals surface area (Å²) in [6, 6.07) is 6.67. The Kier molecular flexibility index (Phi) is 9.90. The number of hydrogen-bond acceptors (Lipinski definition) is 3. The van der Waals surface area contributed by atoms with Crippen LogP contribution >= 0.6 is 24.0 Å². The number of aliphatic imine (C=N–C) groups is 1. The van der Waals surface area contributed by atoms with Crippen molar-refractivity contribution in [2.45, 2.75) is 27.2 Å². The van der Waals surface area contributed by atoms with Gasteiger partial charge in [0, 0.05) is 52.5 Å². The maximum absolute atomic E-state index is 11.9. The SMILES string of the molecule is CCCNC(=NCC(=O)N(C)C)N1CCN(c2ccc(C)c(C)c2)CC1.I. The van der Waals surface area contributed by atoms with E-state index in [1.165, 1.54) is 16.8 Å². The van der Waals surface area contributed by atoms with Crippen LogP contribution in [0.1, 0.15) is 24.5 Å². The Balaban J connectivity index is 0.00000364. The van der Waals surface area contributed by atoms with E-state index in [1.807, 2.05) is 0 Å². The fourth-order valence-corrected chi connectivity index (χ4v) is 2.89. The highest BCUT2D eigenvalue weighted by molar-refractivity contribution is 14.0. The molecule has 0 atom stereocenters. The Morgan fingerprint density at radius 1 is 1.15 bits per heavy atom. The third-order valence-corrected chi connectivity index (χ3v) is 4.83. The molecule has 1 fully saturated rings. The van der Waals surface area contributed by atoms with Gasteiger partial charge in [-0.15, -0.1) is 24.0 Å². The number of likely N-dealkylation sites (N-methyl/N-ethyl adjacent to an activating group) is 1. The van der Waals surface area contributed by atoms with Crippen molar-refractivity contribution in [3.63, 3.8) is 0 Å². The van der Waals surface area contributed by atoms with Crippen molar-refractivity contribution < 1.29 is 4.79 Å². The number of amides is 1. The lowest BCUT2D eigenvalue weighted by atomic mass is 10.1. The number of halogens is 1. The summed E-state index contributed by atoms with van der Waals surface area (Å²) in [5.74, 6) is 0.872. The van der Waals surface area contributed by atoms with E-state index in [9.17, 15) is 4.79 Å².